The summed E-state index contributed by atoms with van der Waals surface area (Å²) < 4.78 is 4.89. The van der Waals surface area contributed by atoms with Gasteiger partial charge in [0.2, 0.25) is 12.2 Å². The van der Waals surface area contributed by atoms with Gasteiger partial charge in [-0.1, -0.05) is 0 Å². The van der Waals surface area contributed by atoms with Crippen LogP contribution in [0.25, 0.3) is 10.2 Å². The maximum absolute atomic E-state index is 11.6. The molecule has 3 rings (SSSR count). The van der Waals surface area contributed by atoms with Crippen molar-refractivity contribution < 1.29 is 9.36 Å². The van der Waals surface area contributed by atoms with Crippen LogP contribution in [0.5, 0.6) is 0 Å². The van der Waals surface area contributed by atoms with Crippen molar-refractivity contribution in [3.63, 3.8) is 0 Å². The molecule has 2 N–H and O–H groups in total. The van der Waals surface area contributed by atoms with Crippen LogP contribution in [0.3, 0.4) is 0 Å². The number of aryl methyl sites for hydroxylation is 2. The lowest BCUT2D eigenvalue weighted by Crippen LogP contribution is -2.23. The summed E-state index contributed by atoms with van der Waals surface area (Å²) in [7, 11) is 1.97. The molecule has 0 saturated carbocycles. The van der Waals surface area contributed by atoms with Gasteiger partial charge in [0.15, 0.2) is 0 Å². The number of carbonyl (C=O) groups excluding carboxylic acids is 1. The van der Waals surface area contributed by atoms with E-state index >= 15 is 0 Å². The molecule has 6 heteroatoms. The van der Waals surface area contributed by atoms with Crippen molar-refractivity contribution in [3.8, 4) is 0 Å². The third kappa shape index (κ3) is 2.30. The molecule has 2 aromatic heterocycles. The number of aromatic nitrogens is 3. The minimum absolute atomic E-state index is 0.404. The summed E-state index contributed by atoms with van der Waals surface area (Å²) >= 11 is 1.50. The number of rotatable bonds is 3. The van der Waals surface area contributed by atoms with E-state index in [0.29, 0.717) is 12.1 Å². The smallest absolute Gasteiger partial charge is 0.250 e. The highest BCUT2D eigenvalue weighted by Gasteiger charge is 2.14. The van der Waals surface area contributed by atoms with Gasteiger partial charge < -0.3 is 5.73 Å². The lowest BCUT2D eigenvalue weighted by molar-refractivity contribution is -0.671. The topological polar surface area (TPSA) is 64.8 Å². The fraction of sp³-hybridized carbons (Fsp3) is 0.214. The molecule has 3 aromatic rings. The van der Waals surface area contributed by atoms with Gasteiger partial charge in [-0.3, -0.25) is 4.79 Å². The average molecular weight is 287 g/mol. The van der Waals surface area contributed by atoms with Crippen LogP contribution in [0.2, 0.25) is 0 Å². The Kier molecular flexibility index (Phi) is 3.02. The highest BCUT2D eigenvalue weighted by Crippen LogP contribution is 2.27. The molecule has 1 amide bonds. The van der Waals surface area contributed by atoms with Crippen molar-refractivity contribution >= 4 is 27.5 Å². The second-order valence-corrected chi connectivity index (χ2v) is 6.04. The molecule has 0 unspecified atom stereocenters. The Labute approximate surface area is 120 Å². The summed E-state index contributed by atoms with van der Waals surface area (Å²) in [6, 6.07) is 3.88. The number of nitrogens with zero attached hydrogens (tertiary/aromatic N) is 3. The normalized spacial score (nSPS) is 11.1. The summed E-state index contributed by atoms with van der Waals surface area (Å²) in [6.45, 7) is 2.62. The molecule has 2 heterocycles. The van der Waals surface area contributed by atoms with E-state index in [1.54, 1.807) is 0 Å². The highest BCUT2D eigenvalue weighted by molar-refractivity contribution is 7.18. The Morgan fingerprint density at radius 3 is 2.95 bits per heavy atom. The second-order valence-electron chi connectivity index (χ2n) is 4.84. The first-order valence-corrected chi connectivity index (χ1v) is 7.05. The lowest BCUT2D eigenvalue weighted by Gasteiger charge is -2.02. The molecule has 20 heavy (non-hydrogen) atoms. The Morgan fingerprint density at radius 1 is 1.50 bits per heavy atom. The molecule has 5 nitrogen and oxygen atoms in total. The largest absolute Gasteiger partial charge is 0.366 e. The molecule has 1 aromatic carbocycles. The van der Waals surface area contributed by atoms with Crippen molar-refractivity contribution in [1.82, 2.24) is 9.55 Å². The van der Waals surface area contributed by atoms with Gasteiger partial charge in [0, 0.05) is 0 Å². The third-order valence-corrected chi connectivity index (χ3v) is 4.13. The minimum atomic E-state index is -0.404. The van der Waals surface area contributed by atoms with E-state index < -0.39 is 5.91 Å². The van der Waals surface area contributed by atoms with Gasteiger partial charge in [0.05, 0.1) is 27.8 Å². The number of primary amides is 1. The van der Waals surface area contributed by atoms with E-state index in [2.05, 4.69) is 4.98 Å². The second kappa shape index (κ2) is 4.72. The van der Waals surface area contributed by atoms with Crippen LogP contribution in [-0.4, -0.2) is 15.5 Å². The van der Waals surface area contributed by atoms with Gasteiger partial charge in [-0.2, -0.15) is 0 Å². The van der Waals surface area contributed by atoms with Gasteiger partial charge in [-0.05, 0) is 24.6 Å². The van der Waals surface area contributed by atoms with E-state index in [0.717, 1.165) is 20.8 Å². The van der Waals surface area contributed by atoms with Crippen molar-refractivity contribution in [2.75, 3.05) is 0 Å². The van der Waals surface area contributed by atoms with Crippen molar-refractivity contribution in [2.24, 2.45) is 12.8 Å². The summed E-state index contributed by atoms with van der Waals surface area (Å²) in [6.07, 6.45) is 5.95. The number of fused-ring (bicyclic) bond motifs is 1. The summed E-state index contributed by atoms with van der Waals surface area (Å²) in [5.41, 5.74) is 7.90. The zero-order chi connectivity index (χ0) is 14.3. The summed E-state index contributed by atoms with van der Waals surface area (Å²) in [5.74, 6) is -0.404. The fourth-order valence-electron chi connectivity index (χ4n) is 2.28. The molecule has 102 valence electrons. The van der Waals surface area contributed by atoms with Crippen LogP contribution in [0.4, 0.5) is 0 Å². The van der Waals surface area contributed by atoms with Gasteiger partial charge in [-0.25, -0.2) is 14.1 Å². The molecule has 0 aliphatic carbocycles. The van der Waals surface area contributed by atoms with Gasteiger partial charge >= 0.3 is 0 Å². The average Bonchev–Trinajstić information content (AvgIpc) is 2.93. The first kappa shape index (κ1) is 12.8. The van der Waals surface area contributed by atoms with Crippen molar-refractivity contribution in [3.05, 3.63) is 47.0 Å². The molecule has 0 fully saturated rings. The van der Waals surface area contributed by atoms with Crippen LogP contribution in [0.1, 0.15) is 20.9 Å². The lowest BCUT2D eigenvalue weighted by atomic mass is 10.1. The Hall–Kier alpha value is -2.21. The number of amides is 1. The van der Waals surface area contributed by atoms with E-state index in [-0.39, 0.29) is 0 Å². The molecular weight excluding hydrogens is 272 g/mol. The van der Waals surface area contributed by atoms with E-state index in [1.807, 2.05) is 54.0 Å². The molecular formula is C14H15N4OS+. The van der Waals surface area contributed by atoms with Gasteiger partial charge in [0.1, 0.15) is 18.9 Å². The summed E-state index contributed by atoms with van der Waals surface area (Å²) in [5, 5.41) is 0.937. The number of thiazole rings is 1. The SMILES string of the molecule is Cc1nc2cc(Cn3cc[n+](C)c3)cc(C(N)=O)c2s1. The fourth-order valence-corrected chi connectivity index (χ4v) is 3.20. The van der Waals surface area contributed by atoms with Crippen LogP contribution >= 0.6 is 11.3 Å². The van der Waals surface area contributed by atoms with E-state index in [4.69, 9.17) is 5.73 Å². The number of hydrogen-bond acceptors (Lipinski definition) is 3. The van der Waals surface area contributed by atoms with Gasteiger partial charge in [0.25, 0.3) is 0 Å². The number of carbonyl (C=O) groups is 1. The minimum Gasteiger partial charge on any atom is -0.366 e. The number of nitrogens with two attached hydrogens (primary N) is 1. The molecule has 0 radical (unpaired) electrons. The van der Waals surface area contributed by atoms with Crippen molar-refractivity contribution in [1.29, 1.82) is 0 Å². The summed E-state index contributed by atoms with van der Waals surface area (Å²) in [4.78, 5) is 16.1. The van der Waals surface area contributed by atoms with Gasteiger partial charge in [-0.15, -0.1) is 11.3 Å². The molecule has 0 spiro atoms. The number of imidazole rings is 1. The monoisotopic (exact) mass is 287 g/mol. The molecule has 0 atom stereocenters. The number of hydrogen-bond donors (Lipinski definition) is 1. The molecule has 0 aliphatic heterocycles. The Bertz CT molecular complexity index is 803. The number of benzene rings is 1. The quantitative estimate of drug-likeness (QED) is 0.740. The first-order chi connectivity index (χ1) is 9.52. The highest BCUT2D eigenvalue weighted by atomic mass is 32.1. The predicted molar refractivity (Wildman–Crippen MR) is 77.6 cm³/mol. The molecule has 0 aliphatic rings. The maximum atomic E-state index is 11.6. The van der Waals surface area contributed by atoms with E-state index in [9.17, 15) is 4.79 Å². The Morgan fingerprint density at radius 2 is 2.30 bits per heavy atom. The maximum Gasteiger partial charge on any atom is 0.250 e. The van der Waals surface area contributed by atoms with Crippen LogP contribution < -0.4 is 10.3 Å². The zero-order valence-corrected chi connectivity index (χ0v) is 12.1. The molecule has 0 bridgehead atoms. The predicted octanol–water partition coefficient (Wildman–Crippen LogP) is 1.38. The third-order valence-electron chi connectivity index (χ3n) is 3.11. The zero-order valence-electron chi connectivity index (χ0n) is 11.3. The molecule has 0 saturated heterocycles. The standard InChI is InChI=1S/C14H14N4OS/c1-9-16-12-6-10(7-18-4-3-17(2)8-18)5-11(14(15)19)13(12)20-9/h3-6,8H,7H2,1-2H3,(H-,15,19)/p+1. The van der Waals surface area contributed by atoms with Crippen molar-refractivity contribution in [2.45, 2.75) is 13.5 Å². The van der Waals surface area contributed by atoms with Crippen LogP contribution in [-0.2, 0) is 13.6 Å². The van der Waals surface area contributed by atoms with Crippen LogP contribution in [0.15, 0.2) is 30.9 Å². The van der Waals surface area contributed by atoms with Crippen LogP contribution in [0, 0.1) is 6.92 Å². The van der Waals surface area contributed by atoms with E-state index in [1.165, 1.54) is 11.3 Å². The first-order valence-electron chi connectivity index (χ1n) is 6.24. The Balaban J connectivity index is 2.09.